The van der Waals surface area contributed by atoms with Gasteiger partial charge in [0.15, 0.2) is 0 Å². The van der Waals surface area contributed by atoms with Crippen LogP contribution in [-0.2, 0) is 4.74 Å². The van der Waals surface area contributed by atoms with Gasteiger partial charge in [0.25, 0.3) is 0 Å². The van der Waals surface area contributed by atoms with Crippen molar-refractivity contribution in [3.05, 3.63) is 87.1 Å². The highest BCUT2D eigenvalue weighted by molar-refractivity contribution is 7.12. The molecule has 142 valence electrons. The fourth-order valence-electron chi connectivity index (χ4n) is 3.63. The van der Waals surface area contributed by atoms with Crippen molar-refractivity contribution in [2.75, 3.05) is 12.1 Å². The minimum atomic E-state index is -0.320. The third-order valence-corrected chi connectivity index (χ3v) is 5.97. The Hall–Kier alpha value is -2.92. The molecule has 28 heavy (non-hydrogen) atoms. The summed E-state index contributed by atoms with van der Waals surface area (Å²) in [5.41, 5.74) is 5.08. The van der Waals surface area contributed by atoms with Crippen molar-refractivity contribution in [3.8, 4) is 0 Å². The molecule has 0 fully saturated rings. The van der Waals surface area contributed by atoms with Gasteiger partial charge < -0.3 is 4.74 Å². The van der Waals surface area contributed by atoms with E-state index in [-0.39, 0.29) is 12.0 Å². The molecule has 1 aromatic heterocycles. The second-order valence-corrected chi connectivity index (χ2v) is 8.35. The second-order valence-electron chi connectivity index (χ2n) is 6.89. The van der Waals surface area contributed by atoms with Crippen LogP contribution < -0.4 is 5.01 Å². The van der Waals surface area contributed by atoms with Crippen molar-refractivity contribution in [3.63, 3.8) is 0 Å². The number of hydrogen-bond acceptors (Lipinski definition) is 5. The number of hydrogen-bond donors (Lipinski definition) is 0. The maximum atomic E-state index is 11.8. The number of methoxy groups -OCH3 is 1. The molecule has 1 aliphatic heterocycles. The quantitative estimate of drug-likeness (QED) is 0.552. The molecule has 2 heterocycles. The van der Waals surface area contributed by atoms with Gasteiger partial charge in [0.1, 0.15) is 0 Å². The number of benzene rings is 2. The lowest BCUT2D eigenvalue weighted by molar-refractivity contribution is 0.0600. The number of thiophene rings is 1. The predicted molar refractivity (Wildman–Crippen MR) is 114 cm³/mol. The summed E-state index contributed by atoms with van der Waals surface area (Å²) in [6, 6.07) is 20.2. The zero-order valence-electron chi connectivity index (χ0n) is 16.2. The molecule has 0 spiro atoms. The first-order chi connectivity index (χ1) is 13.6. The first-order valence-electron chi connectivity index (χ1n) is 9.24. The Morgan fingerprint density at radius 1 is 1.11 bits per heavy atom. The van der Waals surface area contributed by atoms with Crippen LogP contribution in [0.2, 0.25) is 0 Å². The van der Waals surface area contributed by atoms with Crippen molar-refractivity contribution < 1.29 is 9.53 Å². The van der Waals surface area contributed by atoms with E-state index in [2.05, 4.69) is 37.1 Å². The number of aryl methyl sites for hydroxylation is 2. The smallest absolute Gasteiger partial charge is 0.337 e. The summed E-state index contributed by atoms with van der Waals surface area (Å²) in [5.74, 6) is -0.320. The van der Waals surface area contributed by atoms with E-state index in [1.807, 2.05) is 53.8 Å². The maximum absolute atomic E-state index is 11.8. The van der Waals surface area contributed by atoms with Crippen LogP contribution in [0.1, 0.15) is 43.7 Å². The van der Waals surface area contributed by atoms with Gasteiger partial charge >= 0.3 is 5.97 Å². The van der Waals surface area contributed by atoms with Crippen molar-refractivity contribution >= 4 is 28.7 Å². The van der Waals surface area contributed by atoms with E-state index >= 15 is 0 Å². The van der Waals surface area contributed by atoms with E-state index in [0.29, 0.717) is 5.56 Å². The van der Waals surface area contributed by atoms with Crippen LogP contribution in [-0.4, -0.2) is 18.8 Å². The average molecular weight is 391 g/mol. The van der Waals surface area contributed by atoms with Gasteiger partial charge in [-0.3, -0.25) is 5.01 Å². The number of carbonyl (C=O) groups is 1. The zero-order valence-corrected chi connectivity index (χ0v) is 17.0. The molecule has 2 aromatic carbocycles. The molecule has 0 N–H and O–H groups in total. The molecule has 0 aliphatic carbocycles. The number of nitrogens with zero attached hydrogens (tertiary/aromatic N) is 2. The molecule has 0 saturated carbocycles. The van der Waals surface area contributed by atoms with E-state index in [1.54, 1.807) is 0 Å². The number of hydrazone groups is 1. The van der Waals surface area contributed by atoms with Crippen LogP contribution in [0.4, 0.5) is 5.69 Å². The number of carbonyl (C=O) groups excluding carboxylic acids is 1. The van der Waals surface area contributed by atoms with Crippen LogP contribution >= 0.6 is 11.3 Å². The summed E-state index contributed by atoms with van der Waals surface area (Å²) in [7, 11) is 1.40. The summed E-state index contributed by atoms with van der Waals surface area (Å²) < 4.78 is 4.81. The van der Waals surface area contributed by atoms with Crippen molar-refractivity contribution in [1.29, 1.82) is 0 Å². The fourth-order valence-corrected chi connectivity index (χ4v) is 4.57. The van der Waals surface area contributed by atoms with E-state index in [1.165, 1.54) is 22.4 Å². The molecule has 4 nitrogen and oxygen atoms in total. The predicted octanol–water partition coefficient (Wildman–Crippen LogP) is 5.51. The van der Waals surface area contributed by atoms with Gasteiger partial charge in [-0.25, -0.2) is 4.79 Å². The van der Waals surface area contributed by atoms with Crippen LogP contribution in [0, 0.1) is 13.8 Å². The number of para-hydroxylation sites is 1. The highest BCUT2D eigenvalue weighted by Gasteiger charge is 2.31. The molecule has 1 unspecified atom stereocenters. The Bertz CT molecular complexity index is 1020. The van der Waals surface area contributed by atoms with Gasteiger partial charge in [-0.05, 0) is 49.7 Å². The van der Waals surface area contributed by atoms with Crippen molar-refractivity contribution in [2.24, 2.45) is 5.10 Å². The van der Waals surface area contributed by atoms with Gasteiger partial charge in [-0.1, -0.05) is 30.3 Å². The molecule has 1 atom stereocenters. The van der Waals surface area contributed by atoms with Crippen molar-refractivity contribution in [1.82, 2.24) is 0 Å². The molecule has 3 aromatic rings. The zero-order chi connectivity index (χ0) is 19.7. The number of ether oxygens (including phenoxy) is 1. The summed E-state index contributed by atoms with van der Waals surface area (Å²) >= 11 is 1.81. The standard InChI is InChI=1S/C23H22N2O2S/c1-15-13-20(16(2)28-15)21-14-22(25(24-21)19-7-5-4-6-8-19)17-9-11-18(12-10-17)23(26)27-3/h4-13,22H,14H2,1-3H3. The lowest BCUT2D eigenvalue weighted by Crippen LogP contribution is -2.18. The van der Waals surface area contributed by atoms with Gasteiger partial charge in [0.05, 0.1) is 30.1 Å². The van der Waals surface area contributed by atoms with Crippen LogP contribution in [0.25, 0.3) is 0 Å². The molecule has 4 rings (SSSR count). The van der Waals surface area contributed by atoms with Crippen LogP contribution in [0.3, 0.4) is 0 Å². The molecular formula is C23H22N2O2S. The molecule has 0 radical (unpaired) electrons. The first-order valence-corrected chi connectivity index (χ1v) is 10.1. The number of anilines is 1. The van der Waals surface area contributed by atoms with Gasteiger partial charge in [-0.2, -0.15) is 5.10 Å². The Morgan fingerprint density at radius 2 is 1.82 bits per heavy atom. The average Bonchev–Trinajstić information content (AvgIpc) is 3.31. The molecule has 0 bridgehead atoms. The Morgan fingerprint density at radius 3 is 2.43 bits per heavy atom. The Kier molecular flexibility index (Phi) is 5.01. The van der Waals surface area contributed by atoms with Gasteiger partial charge in [-0.15, -0.1) is 11.3 Å². The van der Waals surface area contributed by atoms with Gasteiger partial charge in [0.2, 0.25) is 0 Å². The molecule has 5 heteroatoms. The normalized spacial score (nSPS) is 16.2. The van der Waals surface area contributed by atoms with E-state index in [4.69, 9.17) is 9.84 Å². The summed E-state index contributed by atoms with van der Waals surface area (Å²) in [5, 5.41) is 7.09. The number of esters is 1. The largest absolute Gasteiger partial charge is 0.465 e. The SMILES string of the molecule is COC(=O)c1ccc(C2CC(c3cc(C)sc3C)=NN2c2ccccc2)cc1. The lowest BCUT2D eigenvalue weighted by Gasteiger charge is -2.24. The fraction of sp³-hybridized carbons (Fsp3) is 0.217. The van der Waals surface area contributed by atoms with Crippen LogP contribution in [0.5, 0.6) is 0 Å². The number of rotatable bonds is 4. The molecule has 0 saturated heterocycles. The lowest BCUT2D eigenvalue weighted by atomic mass is 9.97. The maximum Gasteiger partial charge on any atom is 0.337 e. The van der Waals surface area contributed by atoms with Crippen LogP contribution in [0.15, 0.2) is 65.8 Å². The summed E-state index contributed by atoms with van der Waals surface area (Å²) in [4.78, 5) is 14.4. The second kappa shape index (κ2) is 7.60. The first kappa shape index (κ1) is 18.4. The van der Waals surface area contributed by atoms with Gasteiger partial charge in [0, 0.05) is 21.7 Å². The molecule has 0 amide bonds. The topological polar surface area (TPSA) is 41.9 Å². The highest BCUT2D eigenvalue weighted by Crippen LogP contribution is 2.38. The minimum absolute atomic E-state index is 0.0868. The van der Waals surface area contributed by atoms with E-state index < -0.39 is 0 Å². The minimum Gasteiger partial charge on any atom is -0.465 e. The third-order valence-electron chi connectivity index (χ3n) is 5.00. The van der Waals surface area contributed by atoms with E-state index in [0.717, 1.165) is 23.4 Å². The Labute approximate surface area is 169 Å². The molecular weight excluding hydrogens is 368 g/mol. The monoisotopic (exact) mass is 390 g/mol. The highest BCUT2D eigenvalue weighted by atomic mass is 32.1. The molecule has 1 aliphatic rings. The summed E-state index contributed by atoms with van der Waals surface area (Å²) in [6.45, 7) is 4.29. The Balaban J connectivity index is 1.71. The summed E-state index contributed by atoms with van der Waals surface area (Å²) in [6.07, 6.45) is 0.823. The van der Waals surface area contributed by atoms with E-state index in [9.17, 15) is 4.79 Å². The van der Waals surface area contributed by atoms with Crippen molar-refractivity contribution in [2.45, 2.75) is 26.3 Å². The third kappa shape index (κ3) is 3.45.